The van der Waals surface area contributed by atoms with E-state index in [1.165, 1.54) is 0 Å². The van der Waals surface area contributed by atoms with E-state index in [2.05, 4.69) is 35.4 Å². The van der Waals surface area contributed by atoms with Gasteiger partial charge in [0.15, 0.2) is 15.7 Å². The van der Waals surface area contributed by atoms with E-state index >= 15 is 0 Å². The fraction of sp³-hybridized carbons (Fsp3) is 0.438. The largest absolute Gasteiger partial charge is 0.378 e. The van der Waals surface area contributed by atoms with Gasteiger partial charge in [0.05, 0.1) is 47.2 Å². The van der Waals surface area contributed by atoms with Gasteiger partial charge in [-0.2, -0.15) is 0 Å². The van der Waals surface area contributed by atoms with E-state index in [1.807, 2.05) is 32.2 Å². The molecule has 0 spiro atoms. The molecule has 3 aromatic heterocycles. The van der Waals surface area contributed by atoms with Crippen LogP contribution in [0.15, 0.2) is 47.8 Å². The number of aryl methyl sites for hydroxylation is 1. The molecule has 2 aliphatic rings. The van der Waals surface area contributed by atoms with Gasteiger partial charge in [0, 0.05) is 61.4 Å². The zero-order valence-electron chi connectivity index (χ0n) is 26.1. The van der Waals surface area contributed by atoms with Crippen molar-refractivity contribution in [3.63, 3.8) is 0 Å². The SMILES string of the molecule is CCC(C(=O)Nc1nccc2c(-c3nc(Nc4cccc(S(=O)(=O)CC)c4C)ncc3C)c[nH]c12)N1CCN(C2COC2)CC1. The molecule has 0 aliphatic carbocycles. The zero-order valence-corrected chi connectivity index (χ0v) is 26.9. The number of ether oxygens (including phenoxy) is 1. The van der Waals surface area contributed by atoms with Crippen molar-refractivity contribution in [1.29, 1.82) is 0 Å². The van der Waals surface area contributed by atoms with Gasteiger partial charge in [-0.3, -0.25) is 14.6 Å². The number of benzene rings is 1. The number of sulfone groups is 1. The first-order valence-corrected chi connectivity index (χ1v) is 17.1. The van der Waals surface area contributed by atoms with Crippen LogP contribution in [0.2, 0.25) is 0 Å². The second-order valence-electron chi connectivity index (χ2n) is 11.6. The van der Waals surface area contributed by atoms with Gasteiger partial charge in [-0.05, 0) is 49.6 Å². The molecule has 1 aromatic carbocycles. The predicted octanol–water partition coefficient (Wildman–Crippen LogP) is 3.91. The molecule has 0 saturated carbocycles. The van der Waals surface area contributed by atoms with Crippen LogP contribution < -0.4 is 10.6 Å². The van der Waals surface area contributed by atoms with Crippen LogP contribution in [0.4, 0.5) is 17.5 Å². The maximum atomic E-state index is 13.5. The van der Waals surface area contributed by atoms with Crippen molar-refractivity contribution in [2.45, 2.75) is 51.1 Å². The Bertz CT molecular complexity index is 1810. The van der Waals surface area contributed by atoms with Crippen LogP contribution in [0, 0.1) is 13.8 Å². The predicted molar refractivity (Wildman–Crippen MR) is 175 cm³/mol. The van der Waals surface area contributed by atoms with Gasteiger partial charge in [-0.25, -0.2) is 23.4 Å². The van der Waals surface area contributed by atoms with Crippen molar-refractivity contribution in [2.75, 3.05) is 55.8 Å². The molecule has 6 rings (SSSR count). The molecule has 1 atom stereocenters. The minimum atomic E-state index is -3.38. The molecule has 2 saturated heterocycles. The van der Waals surface area contributed by atoms with E-state index in [1.54, 1.807) is 38.4 Å². The van der Waals surface area contributed by atoms with E-state index in [4.69, 9.17) is 9.72 Å². The highest BCUT2D eigenvalue weighted by Gasteiger charge is 2.33. The molecule has 1 unspecified atom stereocenters. The number of piperazine rings is 1. The smallest absolute Gasteiger partial charge is 0.242 e. The number of nitrogens with one attached hydrogen (secondary N) is 3. The maximum absolute atomic E-state index is 13.5. The van der Waals surface area contributed by atoms with Crippen molar-refractivity contribution >= 4 is 44.1 Å². The topological polar surface area (TPSA) is 145 Å². The first kappa shape index (κ1) is 31.1. The quantitative estimate of drug-likeness (QED) is 0.235. The van der Waals surface area contributed by atoms with E-state index < -0.39 is 9.84 Å². The Morgan fingerprint density at radius 1 is 1.11 bits per heavy atom. The molecule has 12 nitrogen and oxygen atoms in total. The van der Waals surface area contributed by atoms with Crippen molar-refractivity contribution in [3.8, 4) is 11.3 Å². The second-order valence-corrected chi connectivity index (χ2v) is 13.9. The van der Waals surface area contributed by atoms with E-state index in [-0.39, 0.29) is 22.6 Å². The number of amides is 1. The number of H-pyrrole nitrogens is 1. The summed E-state index contributed by atoms with van der Waals surface area (Å²) in [5.74, 6) is 0.772. The molecule has 0 radical (unpaired) electrons. The molecule has 13 heteroatoms. The van der Waals surface area contributed by atoms with Crippen LogP contribution in [0.3, 0.4) is 0 Å². The molecule has 45 heavy (non-hydrogen) atoms. The fourth-order valence-electron chi connectivity index (χ4n) is 6.14. The van der Waals surface area contributed by atoms with Crippen molar-refractivity contribution in [2.24, 2.45) is 0 Å². The summed E-state index contributed by atoms with van der Waals surface area (Å²) in [6.07, 6.45) is 5.99. The number of pyridine rings is 1. The second kappa shape index (κ2) is 12.8. The van der Waals surface area contributed by atoms with Gasteiger partial charge < -0.3 is 20.4 Å². The monoisotopic (exact) mass is 632 g/mol. The number of anilines is 3. The summed E-state index contributed by atoms with van der Waals surface area (Å²) in [4.78, 5) is 35.7. The molecule has 3 N–H and O–H groups in total. The van der Waals surface area contributed by atoms with Crippen molar-refractivity contribution in [3.05, 3.63) is 54.0 Å². The summed E-state index contributed by atoms with van der Waals surface area (Å²) in [5.41, 5.74) is 4.36. The summed E-state index contributed by atoms with van der Waals surface area (Å²) in [6, 6.07) is 7.30. The number of fused-ring (bicyclic) bond motifs is 1. The molecule has 238 valence electrons. The summed E-state index contributed by atoms with van der Waals surface area (Å²) >= 11 is 0. The van der Waals surface area contributed by atoms with Crippen LogP contribution in [0.5, 0.6) is 0 Å². The molecule has 4 aromatic rings. The Balaban J connectivity index is 1.22. The van der Waals surface area contributed by atoms with Gasteiger partial charge in [0.25, 0.3) is 0 Å². The minimum Gasteiger partial charge on any atom is -0.378 e. The lowest BCUT2D eigenvalue weighted by molar-refractivity contribution is -0.123. The molecule has 0 bridgehead atoms. The lowest BCUT2D eigenvalue weighted by Crippen LogP contribution is -2.59. The number of nitrogens with zero attached hydrogens (tertiary/aromatic N) is 5. The molecule has 2 aliphatic heterocycles. The van der Waals surface area contributed by atoms with Crippen molar-refractivity contribution < 1.29 is 17.9 Å². The van der Waals surface area contributed by atoms with E-state index in [0.29, 0.717) is 46.7 Å². The first-order valence-electron chi connectivity index (χ1n) is 15.5. The number of aromatic nitrogens is 4. The van der Waals surface area contributed by atoms with Crippen LogP contribution >= 0.6 is 0 Å². The van der Waals surface area contributed by atoms with Gasteiger partial charge in [-0.15, -0.1) is 0 Å². The van der Waals surface area contributed by atoms with Crippen LogP contribution in [-0.4, -0.2) is 101 Å². The zero-order chi connectivity index (χ0) is 31.7. The highest BCUT2D eigenvalue weighted by molar-refractivity contribution is 7.91. The summed E-state index contributed by atoms with van der Waals surface area (Å²) in [6.45, 7) is 12.5. The fourth-order valence-corrected chi connectivity index (χ4v) is 7.31. The lowest BCUT2D eigenvalue weighted by Gasteiger charge is -2.44. The van der Waals surface area contributed by atoms with E-state index in [0.717, 1.165) is 55.9 Å². The average molecular weight is 633 g/mol. The number of carbonyl (C=O) groups excluding carboxylic acids is 1. The van der Waals surface area contributed by atoms with Gasteiger partial charge in [-0.1, -0.05) is 19.9 Å². The molecular formula is C32H40N8O4S. The number of aromatic amines is 1. The van der Waals surface area contributed by atoms with Crippen molar-refractivity contribution in [1.82, 2.24) is 29.7 Å². The standard InChI is InChI=1S/C32H40N8O4S/c1-5-26(40-14-12-39(13-15-40)22-18-44-19-22)31(41)38-30-29-23(10-11-33-30)24(17-34-29)28-20(3)16-35-32(37-28)36-25-8-7-9-27(21(25)4)45(42,43)6-2/h7-11,16-17,22,26,34H,5-6,12-15,18-19H2,1-4H3,(H,33,38,41)(H,35,36,37). The number of rotatable bonds is 10. The number of carbonyl (C=O) groups is 1. The Labute approximate surface area is 263 Å². The number of hydrogen-bond donors (Lipinski definition) is 3. The molecule has 1 amide bonds. The third-order valence-corrected chi connectivity index (χ3v) is 10.8. The first-order chi connectivity index (χ1) is 21.7. The summed E-state index contributed by atoms with van der Waals surface area (Å²) < 4.78 is 30.5. The van der Waals surface area contributed by atoms with Crippen LogP contribution in [0.1, 0.15) is 31.4 Å². The summed E-state index contributed by atoms with van der Waals surface area (Å²) in [5, 5.41) is 7.17. The van der Waals surface area contributed by atoms with Gasteiger partial charge >= 0.3 is 0 Å². The summed E-state index contributed by atoms with van der Waals surface area (Å²) in [7, 11) is -3.38. The highest BCUT2D eigenvalue weighted by Crippen LogP contribution is 2.33. The molecule has 2 fully saturated rings. The molecule has 5 heterocycles. The third kappa shape index (κ3) is 6.17. The van der Waals surface area contributed by atoms with Crippen LogP contribution in [0.25, 0.3) is 22.2 Å². The van der Waals surface area contributed by atoms with Crippen LogP contribution in [-0.2, 0) is 19.4 Å². The maximum Gasteiger partial charge on any atom is 0.242 e. The Morgan fingerprint density at radius 2 is 1.89 bits per heavy atom. The Kier molecular flexibility index (Phi) is 8.87. The third-order valence-electron chi connectivity index (χ3n) is 8.93. The van der Waals surface area contributed by atoms with Gasteiger partial charge in [0.2, 0.25) is 11.9 Å². The van der Waals surface area contributed by atoms with Gasteiger partial charge in [0.1, 0.15) is 0 Å². The Morgan fingerprint density at radius 3 is 2.58 bits per heavy atom. The van der Waals surface area contributed by atoms with E-state index in [9.17, 15) is 13.2 Å². The normalized spacial score (nSPS) is 17.2. The number of hydrogen-bond acceptors (Lipinski definition) is 10. The Hall–Kier alpha value is -3.91. The lowest BCUT2D eigenvalue weighted by atomic mass is 10.1. The minimum absolute atomic E-state index is 0.0208. The highest BCUT2D eigenvalue weighted by atomic mass is 32.2. The molecular weight excluding hydrogens is 592 g/mol. The average Bonchev–Trinajstić information content (AvgIpc) is 3.44.